The molecule has 0 aliphatic rings. The minimum absolute atomic E-state index is 0.0220. The first-order valence-electron chi connectivity index (χ1n) is 4.29. The summed E-state index contributed by atoms with van der Waals surface area (Å²) in [5.41, 5.74) is -0.905. The number of ether oxygens (including phenoxy) is 2. The Balaban J connectivity index is 2.90. The van der Waals surface area contributed by atoms with Gasteiger partial charge in [-0.25, -0.2) is 4.98 Å². The fourth-order valence-corrected chi connectivity index (χ4v) is 1.30. The van der Waals surface area contributed by atoms with Crippen LogP contribution in [0, 0.1) is 0 Å². The lowest BCUT2D eigenvalue weighted by Gasteiger charge is -2.12. The van der Waals surface area contributed by atoms with E-state index < -0.39 is 17.6 Å². The van der Waals surface area contributed by atoms with Gasteiger partial charge in [0.1, 0.15) is 12.2 Å². The maximum Gasteiger partial charge on any atom is 0.421 e. The second-order valence-corrected chi connectivity index (χ2v) is 3.76. The predicted molar refractivity (Wildman–Crippen MR) is 54.3 cm³/mol. The van der Waals surface area contributed by atoms with Crippen LogP contribution in [0.15, 0.2) is 16.7 Å². The van der Waals surface area contributed by atoms with Crippen molar-refractivity contribution in [1.82, 2.24) is 4.98 Å². The molecule has 0 aliphatic heterocycles. The molecule has 1 rings (SSSR count). The van der Waals surface area contributed by atoms with E-state index in [4.69, 9.17) is 4.74 Å². The molecule has 16 heavy (non-hydrogen) atoms. The van der Waals surface area contributed by atoms with Crippen LogP contribution >= 0.6 is 15.9 Å². The first kappa shape index (κ1) is 13.2. The summed E-state index contributed by atoms with van der Waals surface area (Å²) in [4.78, 5) is 3.57. The molecule has 0 saturated heterocycles. The number of aromatic nitrogens is 1. The van der Waals surface area contributed by atoms with Crippen LogP contribution in [-0.2, 0) is 10.9 Å². The molecule has 0 aliphatic carbocycles. The molecule has 1 heterocycles. The number of hydrogen-bond donors (Lipinski definition) is 0. The molecule has 1 aromatic heterocycles. The molecule has 7 heteroatoms. The number of halogens is 4. The maximum atomic E-state index is 12.6. The minimum atomic E-state index is -4.49. The Kier molecular flexibility index (Phi) is 4.55. The summed E-state index contributed by atoms with van der Waals surface area (Å²) in [6.07, 6.45) is -3.24. The van der Waals surface area contributed by atoms with E-state index in [1.54, 1.807) is 0 Å². The van der Waals surface area contributed by atoms with Gasteiger partial charge in [-0.3, -0.25) is 0 Å². The van der Waals surface area contributed by atoms with Gasteiger partial charge in [0.05, 0.1) is 6.61 Å². The summed E-state index contributed by atoms with van der Waals surface area (Å²) in [6, 6.07) is 0.926. The number of hydrogen-bond acceptors (Lipinski definition) is 3. The minimum Gasteiger partial charge on any atom is -0.475 e. The van der Waals surface area contributed by atoms with E-state index in [0.29, 0.717) is 0 Å². The van der Waals surface area contributed by atoms with Crippen LogP contribution in [0.1, 0.15) is 5.56 Å². The Hall–Kier alpha value is -0.820. The highest BCUT2D eigenvalue weighted by atomic mass is 79.9. The molecule has 3 nitrogen and oxygen atoms in total. The van der Waals surface area contributed by atoms with Crippen LogP contribution in [0.2, 0.25) is 0 Å². The molecule has 0 amide bonds. The summed E-state index contributed by atoms with van der Waals surface area (Å²) in [5.74, 6) is -0.437. The van der Waals surface area contributed by atoms with E-state index in [9.17, 15) is 13.2 Å². The van der Waals surface area contributed by atoms with Crippen LogP contribution in [0.5, 0.6) is 5.88 Å². The lowest BCUT2D eigenvalue weighted by Crippen LogP contribution is -2.12. The molecule has 0 unspecified atom stereocenters. The van der Waals surface area contributed by atoms with Crippen LogP contribution in [0.4, 0.5) is 13.2 Å². The van der Waals surface area contributed by atoms with Crippen LogP contribution in [-0.4, -0.2) is 25.3 Å². The molecule has 90 valence electrons. The fourth-order valence-electron chi connectivity index (χ4n) is 0.967. The fraction of sp³-hybridized carbons (Fsp3) is 0.444. The van der Waals surface area contributed by atoms with E-state index in [1.165, 1.54) is 13.3 Å². The van der Waals surface area contributed by atoms with Gasteiger partial charge in [0.2, 0.25) is 5.88 Å². The SMILES string of the molecule is COCCOc1ncc(Br)cc1C(F)(F)F. The molecule has 0 bridgehead atoms. The molecule has 0 atom stereocenters. The first-order chi connectivity index (χ1) is 7.45. The topological polar surface area (TPSA) is 31.4 Å². The quantitative estimate of drug-likeness (QED) is 0.801. The van der Waals surface area contributed by atoms with Gasteiger partial charge in [-0.15, -0.1) is 0 Å². The van der Waals surface area contributed by atoms with Crippen molar-refractivity contribution >= 4 is 15.9 Å². The number of methoxy groups -OCH3 is 1. The molecule has 0 aromatic carbocycles. The largest absolute Gasteiger partial charge is 0.475 e. The van der Waals surface area contributed by atoms with Crippen molar-refractivity contribution in [2.45, 2.75) is 6.18 Å². The average Bonchev–Trinajstić information content (AvgIpc) is 2.19. The van der Waals surface area contributed by atoms with Gasteiger partial charge in [0.15, 0.2) is 0 Å². The average molecular weight is 300 g/mol. The lowest BCUT2D eigenvalue weighted by molar-refractivity contribution is -0.139. The van der Waals surface area contributed by atoms with Gasteiger partial charge in [0, 0.05) is 17.8 Å². The van der Waals surface area contributed by atoms with Gasteiger partial charge < -0.3 is 9.47 Å². The Labute approximate surface area is 98.7 Å². The van der Waals surface area contributed by atoms with Crippen LogP contribution in [0.25, 0.3) is 0 Å². The number of rotatable bonds is 4. The lowest BCUT2D eigenvalue weighted by atomic mass is 10.2. The van der Waals surface area contributed by atoms with Gasteiger partial charge in [-0.2, -0.15) is 13.2 Å². The van der Waals surface area contributed by atoms with Gasteiger partial charge in [0.25, 0.3) is 0 Å². The Bertz CT molecular complexity index is 357. The molecular formula is C9H9BrF3NO2. The smallest absolute Gasteiger partial charge is 0.421 e. The van der Waals surface area contributed by atoms with E-state index >= 15 is 0 Å². The van der Waals surface area contributed by atoms with Crippen molar-refractivity contribution in [3.05, 3.63) is 22.3 Å². The third kappa shape index (κ3) is 3.64. The van der Waals surface area contributed by atoms with E-state index in [-0.39, 0.29) is 17.7 Å². The summed E-state index contributed by atoms with van der Waals surface area (Å²) in [7, 11) is 1.43. The van der Waals surface area contributed by atoms with Crippen molar-refractivity contribution < 1.29 is 22.6 Å². The zero-order valence-electron chi connectivity index (χ0n) is 8.34. The second kappa shape index (κ2) is 5.49. The van der Waals surface area contributed by atoms with Gasteiger partial charge in [-0.05, 0) is 22.0 Å². The molecule has 0 saturated carbocycles. The summed E-state index contributed by atoms with van der Waals surface area (Å²) in [5, 5.41) is 0. The summed E-state index contributed by atoms with van der Waals surface area (Å²) in [6.45, 7) is 0.225. The highest BCUT2D eigenvalue weighted by Gasteiger charge is 2.35. The number of alkyl halides is 3. The third-order valence-corrected chi connectivity index (χ3v) is 2.08. The summed E-state index contributed by atoms with van der Waals surface area (Å²) >= 11 is 2.93. The summed E-state index contributed by atoms with van der Waals surface area (Å²) < 4.78 is 47.5. The maximum absolute atomic E-state index is 12.6. The Morgan fingerprint density at radius 1 is 1.38 bits per heavy atom. The highest BCUT2D eigenvalue weighted by Crippen LogP contribution is 2.36. The molecule has 0 radical (unpaired) electrons. The molecule has 0 spiro atoms. The van der Waals surface area contributed by atoms with Crippen molar-refractivity contribution in [1.29, 1.82) is 0 Å². The Morgan fingerprint density at radius 2 is 2.06 bits per heavy atom. The molecule has 1 aromatic rings. The van der Waals surface area contributed by atoms with Crippen molar-refractivity contribution in [2.75, 3.05) is 20.3 Å². The van der Waals surface area contributed by atoms with Crippen molar-refractivity contribution in [3.63, 3.8) is 0 Å². The van der Waals surface area contributed by atoms with E-state index in [2.05, 4.69) is 25.7 Å². The predicted octanol–water partition coefficient (Wildman–Crippen LogP) is 2.89. The molecular weight excluding hydrogens is 291 g/mol. The zero-order chi connectivity index (χ0) is 12.2. The zero-order valence-corrected chi connectivity index (χ0v) is 9.93. The van der Waals surface area contributed by atoms with E-state index in [0.717, 1.165) is 6.07 Å². The van der Waals surface area contributed by atoms with Gasteiger partial charge in [-0.1, -0.05) is 0 Å². The van der Waals surface area contributed by atoms with Crippen molar-refractivity contribution in [2.24, 2.45) is 0 Å². The van der Waals surface area contributed by atoms with Crippen LogP contribution < -0.4 is 4.74 Å². The first-order valence-corrected chi connectivity index (χ1v) is 5.09. The van der Waals surface area contributed by atoms with E-state index in [1.807, 2.05) is 0 Å². The normalized spacial score (nSPS) is 11.6. The highest BCUT2D eigenvalue weighted by molar-refractivity contribution is 9.10. The Morgan fingerprint density at radius 3 is 2.62 bits per heavy atom. The standard InChI is InChI=1S/C9H9BrF3NO2/c1-15-2-3-16-8-7(9(11,12)13)4-6(10)5-14-8/h4-5H,2-3H2,1H3. The molecule has 0 fully saturated rings. The van der Waals surface area contributed by atoms with Crippen LogP contribution in [0.3, 0.4) is 0 Å². The van der Waals surface area contributed by atoms with Gasteiger partial charge >= 0.3 is 6.18 Å². The third-order valence-electron chi connectivity index (χ3n) is 1.65. The number of pyridine rings is 1. The van der Waals surface area contributed by atoms with Crippen molar-refractivity contribution in [3.8, 4) is 5.88 Å². The second-order valence-electron chi connectivity index (χ2n) is 2.85. The molecule has 0 N–H and O–H groups in total. The monoisotopic (exact) mass is 299 g/mol. The number of nitrogens with zero attached hydrogens (tertiary/aromatic N) is 1.